The molecule has 1 aliphatic heterocycles. The fourth-order valence-electron chi connectivity index (χ4n) is 3.06. The highest BCUT2D eigenvalue weighted by molar-refractivity contribution is 5.75. The van der Waals surface area contributed by atoms with E-state index >= 15 is 0 Å². The number of carbonyl (C=O) groups is 1. The van der Waals surface area contributed by atoms with Crippen LogP contribution in [-0.2, 0) is 11.2 Å². The van der Waals surface area contributed by atoms with Crippen molar-refractivity contribution in [1.29, 1.82) is 0 Å². The Hall–Kier alpha value is -2.37. The van der Waals surface area contributed by atoms with Crippen LogP contribution in [0, 0.1) is 12.8 Å². The molecule has 1 unspecified atom stereocenters. The quantitative estimate of drug-likeness (QED) is 0.845. The molecule has 6 nitrogen and oxygen atoms in total. The first-order chi connectivity index (χ1) is 11.7. The smallest absolute Gasteiger partial charge is 0.226 e. The fraction of sp³-hybridized carbons (Fsp3) is 0.500. The minimum Gasteiger partial charge on any atom is -0.371 e. The predicted octanol–water partition coefficient (Wildman–Crippen LogP) is 2.34. The number of para-hydroxylation sites is 1. The van der Waals surface area contributed by atoms with Crippen LogP contribution in [0.1, 0.15) is 31.0 Å². The van der Waals surface area contributed by atoms with Gasteiger partial charge >= 0.3 is 0 Å². The second kappa shape index (κ2) is 7.95. The third-order valence-corrected chi connectivity index (χ3v) is 4.36. The van der Waals surface area contributed by atoms with Gasteiger partial charge in [-0.15, -0.1) is 0 Å². The molecule has 1 atom stereocenters. The van der Waals surface area contributed by atoms with Crippen molar-refractivity contribution >= 4 is 11.6 Å². The molecule has 2 heterocycles. The van der Waals surface area contributed by atoms with Gasteiger partial charge in [-0.2, -0.15) is 4.98 Å². The first kappa shape index (κ1) is 16.5. The Morgan fingerprint density at radius 1 is 1.38 bits per heavy atom. The molecule has 1 aliphatic rings. The lowest BCUT2D eigenvalue weighted by atomic mass is 10.1. The summed E-state index contributed by atoms with van der Waals surface area (Å²) >= 11 is 0. The molecule has 1 fully saturated rings. The molecule has 0 saturated carbocycles. The van der Waals surface area contributed by atoms with Crippen molar-refractivity contribution in [3.8, 4) is 0 Å². The molecule has 0 spiro atoms. The van der Waals surface area contributed by atoms with Gasteiger partial charge in [0.05, 0.1) is 0 Å². The SMILES string of the molecule is Cc1noc(CCCC(=O)NCC2CCN(c3ccccc3)C2)n1. The lowest BCUT2D eigenvalue weighted by Gasteiger charge is -2.18. The standard InChI is InChI=1S/C18H24N4O2/c1-14-20-18(24-21-14)9-5-8-17(23)19-12-15-10-11-22(13-15)16-6-3-2-4-7-16/h2-4,6-7,15H,5,8-13H2,1H3,(H,19,23). The molecule has 6 heteroatoms. The molecule has 2 aromatic rings. The van der Waals surface area contributed by atoms with E-state index in [1.54, 1.807) is 6.92 Å². The third kappa shape index (κ3) is 4.57. The molecule has 1 saturated heterocycles. The van der Waals surface area contributed by atoms with Crippen LogP contribution in [0.25, 0.3) is 0 Å². The average molecular weight is 328 g/mol. The van der Waals surface area contributed by atoms with Crippen LogP contribution in [0.4, 0.5) is 5.69 Å². The lowest BCUT2D eigenvalue weighted by Crippen LogP contribution is -2.30. The number of anilines is 1. The molecular formula is C18H24N4O2. The van der Waals surface area contributed by atoms with E-state index in [1.165, 1.54) is 5.69 Å². The van der Waals surface area contributed by atoms with Crippen molar-refractivity contribution < 1.29 is 9.32 Å². The van der Waals surface area contributed by atoms with Crippen molar-refractivity contribution in [2.75, 3.05) is 24.5 Å². The fourth-order valence-corrected chi connectivity index (χ4v) is 3.06. The number of hydrogen-bond acceptors (Lipinski definition) is 5. The van der Waals surface area contributed by atoms with Crippen molar-refractivity contribution in [3.05, 3.63) is 42.0 Å². The topological polar surface area (TPSA) is 71.3 Å². The highest BCUT2D eigenvalue weighted by atomic mass is 16.5. The van der Waals surface area contributed by atoms with Crippen LogP contribution in [0.3, 0.4) is 0 Å². The van der Waals surface area contributed by atoms with Gasteiger partial charge in [0, 0.05) is 38.2 Å². The highest BCUT2D eigenvalue weighted by Gasteiger charge is 2.22. The normalized spacial score (nSPS) is 17.2. The number of nitrogens with one attached hydrogen (secondary N) is 1. The van der Waals surface area contributed by atoms with Gasteiger partial charge in [-0.25, -0.2) is 0 Å². The molecule has 0 bridgehead atoms. The zero-order chi connectivity index (χ0) is 16.8. The number of rotatable bonds is 7. The first-order valence-corrected chi connectivity index (χ1v) is 8.56. The van der Waals surface area contributed by atoms with Crippen LogP contribution in [0.2, 0.25) is 0 Å². The van der Waals surface area contributed by atoms with Crippen molar-refractivity contribution in [1.82, 2.24) is 15.5 Å². The molecule has 24 heavy (non-hydrogen) atoms. The monoisotopic (exact) mass is 328 g/mol. The number of benzene rings is 1. The van der Waals surface area contributed by atoms with E-state index in [0.717, 1.165) is 32.5 Å². The lowest BCUT2D eigenvalue weighted by molar-refractivity contribution is -0.121. The number of nitrogens with zero attached hydrogens (tertiary/aromatic N) is 3. The van der Waals surface area contributed by atoms with E-state index in [4.69, 9.17) is 4.52 Å². The number of carbonyl (C=O) groups excluding carboxylic acids is 1. The van der Waals surface area contributed by atoms with Gasteiger partial charge in [0.2, 0.25) is 11.8 Å². The van der Waals surface area contributed by atoms with Gasteiger partial charge in [0.25, 0.3) is 0 Å². The summed E-state index contributed by atoms with van der Waals surface area (Å²) in [5.41, 5.74) is 1.26. The molecule has 1 amide bonds. The maximum atomic E-state index is 12.0. The zero-order valence-corrected chi connectivity index (χ0v) is 14.1. The van der Waals surface area contributed by atoms with Gasteiger partial charge in [-0.1, -0.05) is 23.4 Å². The van der Waals surface area contributed by atoms with Crippen molar-refractivity contribution in [3.63, 3.8) is 0 Å². The minimum atomic E-state index is 0.101. The Labute approximate surface area is 142 Å². The maximum Gasteiger partial charge on any atom is 0.226 e. The molecule has 128 valence electrons. The Morgan fingerprint density at radius 3 is 2.96 bits per heavy atom. The van der Waals surface area contributed by atoms with Gasteiger partial charge in [0.15, 0.2) is 5.82 Å². The molecule has 1 N–H and O–H groups in total. The van der Waals surface area contributed by atoms with Gasteiger partial charge < -0.3 is 14.7 Å². The first-order valence-electron chi connectivity index (χ1n) is 8.56. The maximum absolute atomic E-state index is 12.0. The average Bonchev–Trinajstić information content (AvgIpc) is 3.23. The molecule has 1 aromatic heterocycles. The van der Waals surface area contributed by atoms with Crippen LogP contribution in [-0.4, -0.2) is 35.7 Å². The van der Waals surface area contributed by atoms with Crippen LogP contribution < -0.4 is 10.2 Å². The summed E-state index contributed by atoms with van der Waals surface area (Å²) < 4.78 is 5.04. The number of aryl methyl sites for hydroxylation is 2. The Bertz CT molecular complexity index is 656. The summed E-state index contributed by atoms with van der Waals surface area (Å²) in [5.74, 6) is 1.87. The van der Waals surface area contributed by atoms with Gasteiger partial charge in [-0.3, -0.25) is 4.79 Å². The second-order valence-corrected chi connectivity index (χ2v) is 6.33. The van der Waals surface area contributed by atoms with Crippen LogP contribution in [0.15, 0.2) is 34.9 Å². The van der Waals surface area contributed by atoms with E-state index < -0.39 is 0 Å². The van der Waals surface area contributed by atoms with Crippen molar-refractivity contribution in [2.24, 2.45) is 5.92 Å². The van der Waals surface area contributed by atoms with E-state index in [0.29, 0.717) is 30.5 Å². The predicted molar refractivity (Wildman–Crippen MR) is 91.7 cm³/mol. The highest BCUT2D eigenvalue weighted by Crippen LogP contribution is 2.22. The number of hydrogen-bond donors (Lipinski definition) is 1. The molecule has 1 aromatic carbocycles. The summed E-state index contributed by atoms with van der Waals surface area (Å²) in [7, 11) is 0. The van der Waals surface area contributed by atoms with Gasteiger partial charge in [-0.05, 0) is 37.8 Å². The number of aromatic nitrogens is 2. The van der Waals surface area contributed by atoms with Gasteiger partial charge in [0.1, 0.15) is 0 Å². The Morgan fingerprint density at radius 2 is 2.21 bits per heavy atom. The molecule has 0 radical (unpaired) electrons. The Balaban J connectivity index is 1.33. The van der Waals surface area contributed by atoms with Crippen LogP contribution in [0.5, 0.6) is 0 Å². The summed E-state index contributed by atoms with van der Waals surface area (Å²) in [6, 6.07) is 10.4. The second-order valence-electron chi connectivity index (χ2n) is 6.33. The van der Waals surface area contributed by atoms with Crippen molar-refractivity contribution in [2.45, 2.75) is 32.6 Å². The zero-order valence-electron chi connectivity index (χ0n) is 14.1. The Kier molecular flexibility index (Phi) is 5.46. The third-order valence-electron chi connectivity index (χ3n) is 4.36. The number of amides is 1. The molecule has 3 rings (SSSR count). The minimum absolute atomic E-state index is 0.101. The summed E-state index contributed by atoms with van der Waals surface area (Å²) in [5, 5.41) is 6.80. The van der Waals surface area contributed by atoms with E-state index in [2.05, 4.69) is 44.6 Å². The van der Waals surface area contributed by atoms with E-state index in [1.807, 2.05) is 6.07 Å². The largest absolute Gasteiger partial charge is 0.371 e. The summed E-state index contributed by atoms with van der Waals surface area (Å²) in [4.78, 5) is 18.5. The molecular weight excluding hydrogens is 304 g/mol. The van der Waals surface area contributed by atoms with E-state index in [-0.39, 0.29) is 5.91 Å². The van der Waals surface area contributed by atoms with Crippen LogP contribution >= 0.6 is 0 Å². The molecule has 0 aliphatic carbocycles. The summed E-state index contributed by atoms with van der Waals surface area (Å²) in [6.07, 6.45) is 3.00. The summed E-state index contributed by atoms with van der Waals surface area (Å²) in [6.45, 7) is 4.61. The van der Waals surface area contributed by atoms with E-state index in [9.17, 15) is 4.79 Å².